The molecule has 1 N–H and O–H groups in total. The molecule has 41 heavy (non-hydrogen) atoms. The summed E-state index contributed by atoms with van der Waals surface area (Å²) in [5, 5.41) is 11.1. The molecule has 3 nitrogen and oxygen atoms in total. The Hall–Kier alpha value is -0.960. The van der Waals surface area contributed by atoms with Crippen LogP contribution in [-0.2, 0) is 9.59 Å². The number of hydrogen-bond donors (Lipinski definition) is 1. The van der Waals surface area contributed by atoms with E-state index in [1.54, 1.807) is 0 Å². The molecular formula is C38H56O3. The Balaban J connectivity index is 1.24. The highest BCUT2D eigenvalue weighted by molar-refractivity contribution is 5.93. The van der Waals surface area contributed by atoms with Crippen molar-refractivity contribution in [2.75, 3.05) is 0 Å². The zero-order valence-electron chi connectivity index (χ0n) is 26.5. The lowest BCUT2D eigenvalue weighted by Crippen LogP contribution is -2.65. The molecule has 8 rings (SSSR count). The van der Waals surface area contributed by atoms with Crippen molar-refractivity contribution in [1.29, 1.82) is 0 Å². The smallest absolute Gasteiger partial charge is 0.155 e. The fourth-order valence-corrected chi connectivity index (χ4v) is 15.1. The molecule has 3 heteroatoms. The van der Waals surface area contributed by atoms with Gasteiger partial charge in [0.2, 0.25) is 0 Å². The summed E-state index contributed by atoms with van der Waals surface area (Å²) in [6, 6.07) is 0. The maximum atomic E-state index is 14.5. The number of carbonyl (C=O) groups is 2. The second-order valence-electron chi connectivity index (χ2n) is 17.9. The number of aliphatic hydroxyl groups is 1. The number of ketones is 2. The van der Waals surface area contributed by atoms with E-state index >= 15 is 0 Å². The SMILES string of the molecule is C[C@@]12CCC[C@H]1[C@@H]1CCC3(C4=CC(=O)CC5CC[C@@H]6[C@@H](CC[C@]7(C)C(O)CC[C@@H]67)[C@@]45C)CCCC(=O)[C@]3(C)[C@@H]1CC2. The molecule has 0 bridgehead atoms. The Bertz CT molecular complexity index is 1190. The van der Waals surface area contributed by atoms with Crippen LogP contribution < -0.4 is 0 Å². The molecule has 0 aromatic carbocycles. The van der Waals surface area contributed by atoms with Gasteiger partial charge in [-0.25, -0.2) is 0 Å². The molecule has 0 aromatic rings. The van der Waals surface area contributed by atoms with Gasteiger partial charge in [-0.1, -0.05) is 39.7 Å². The predicted octanol–water partition coefficient (Wildman–Crippen LogP) is 8.48. The first-order chi connectivity index (χ1) is 19.5. The Morgan fingerprint density at radius 3 is 2.32 bits per heavy atom. The third kappa shape index (κ3) is 3.27. The van der Waals surface area contributed by atoms with E-state index in [1.165, 1.54) is 63.4 Å². The summed E-state index contributed by atoms with van der Waals surface area (Å²) < 4.78 is 0. The lowest BCUT2D eigenvalue weighted by atomic mass is 9.34. The van der Waals surface area contributed by atoms with E-state index < -0.39 is 0 Å². The molecule has 8 aliphatic carbocycles. The molecule has 0 amide bonds. The Labute approximate surface area is 249 Å². The van der Waals surface area contributed by atoms with Crippen LogP contribution in [0.3, 0.4) is 0 Å². The largest absolute Gasteiger partial charge is 0.393 e. The summed E-state index contributed by atoms with van der Waals surface area (Å²) in [6.07, 6.45) is 21.4. The van der Waals surface area contributed by atoms with Gasteiger partial charge in [0, 0.05) is 23.7 Å². The summed E-state index contributed by atoms with van der Waals surface area (Å²) >= 11 is 0. The average molecular weight is 561 g/mol. The van der Waals surface area contributed by atoms with Gasteiger partial charge in [0.15, 0.2) is 5.78 Å². The molecule has 0 saturated heterocycles. The maximum absolute atomic E-state index is 14.5. The van der Waals surface area contributed by atoms with Crippen molar-refractivity contribution in [2.45, 2.75) is 143 Å². The maximum Gasteiger partial charge on any atom is 0.155 e. The quantitative estimate of drug-likeness (QED) is 0.350. The standard InChI is InChI=1S/C38H56O3/c1-34-16-5-7-27(34)26-13-20-38(17-6-8-33(41)37(38,4)30(26)14-18-34)31-22-24(39)21-23-9-10-25-28-11-12-32(40)35(28,2)19-15-29(25)36(23,31)3/h22-23,25-30,32,40H,5-21H2,1-4H3/t23?,25-,26-,27-,28-,29+,30+,32?,34-,35-,36-,37-,38?/m0/s1. The third-order valence-corrected chi connectivity index (χ3v) is 17.1. The van der Waals surface area contributed by atoms with Gasteiger partial charge in [0.1, 0.15) is 5.78 Å². The van der Waals surface area contributed by atoms with Crippen LogP contribution in [0.4, 0.5) is 0 Å². The second kappa shape index (κ2) is 8.82. The van der Waals surface area contributed by atoms with Crippen LogP contribution in [0.1, 0.15) is 137 Å². The molecule has 226 valence electrons. The molecule has 0 heterocycles. The summed E-state index contributed by atoms with van der Waals surface area (Å²) in [4.78, 5) is 28.2. The highest BCUT2D eigenvalue weighted by atomic mass is 16.3. The van der Waals surface area contributed by atoms with Crippen LogP contribution in [0.15, 0.2) is 11.6 Å². The minimum atomic E-state index is -0.325. The second-order valence-corrected chi connectivity index (χ2v) is 17.9. The molecule has 8 aliphatic rings. The van der Waals surface area contributed by atoms with Crippen molar-refractivity contribution in [3.8, 4) is 0 Å². The molecule has 7 fully saturated rings. The summed E-state index contributed by atoms with van der Waals surface area (Å²) in [5.41, 5.74) is 1.57. The molecule has 0 aliphatic heterocycles. The van der Waals surface area contributed by atoms with Crippen molar-refractivity contribution in [3.05, 3.63) is 11.6 Å². The number of carbonyl (C=O) groups excluding carboxylic acids is 2. The van der Waals surface area contributed by atoms with Gasteiger partial charge >= 0.3 is 0 Å². The third-order valence-electron chi connectivity index (χ3n) is 17.1. The first kappa shape index (κ1) is 27.6. The number of hydrogen-bond acceptors (Lipinski definition) is 3. The van der Waals surface area contributed by atoms with Crippen LogP contribution in [0.5, 0.6) is 0 Å². The van der Waals surface area contributed by atoms with E-state index in [2.05, 4.69) is 33.8 Å². The van der Waals surface area contributed by atoms with Gasteiger partial charge < -0.3 is 5.11 Å². The topological polar surface area (TPSA) is 54.4 Å². The van der Waals surface area contributed by atoms with Crippen molar-refractivity contribution in [2.24, 2.45) is 68.5 Å². The Kier molecular flexibility index (Phi) is 5.93. The minimum absolute atomic E-state index is 0.00789. The molecule has 0 aromatic heterocycles. The molecule has 3 unspecified atom stereocenters. The van der Waals surface area contributed by atoms with E-state index in [0.717, 1.165) is 50.9 Å². The number of aliphatic hydroxyl groups excluding tert-OH is 1. The predicted molar refractivity (Wildman–Crippen MR) is 162 cm³/mol. The van der Waals surface area contributed by atoms with Gasteiger partial charge in [0.05, 0.1) is 6.10 Å². The van der Waals surface area contributed by atoms with E-state index in [1.807, 2.05) is 0 Å². The molecule has 0 radical (unpaired) electrons. The zero-order chi connectivity index (χ0) is 28.6. The zero-order valence-corrected chi connectivity index (χ0v) is 26.5. The molecule has 13 atom stereocenters. The highest BCUT2D eigenvalue weighted by Gasteiger charge is 2.71. The lowest BCUT2D eigenvalue weighted by molar-refractivity contribution is -0.177. The van der Waals surface area contributed by atoms with Crippen LogP contribution in [0.2, 0.25) is 0 Å². The summed E-state index contributed by atoms with van der Waals surface area (Å²) in [7, 11) is 0. The van der Waals surface area contributed by atoms with Crippen molar-refractivity contribution < 1.29 is 14.7 Å². The van der Waals surface area contributed by atoms with Gasteiger partial charge in [-0.2, -0.15) is 0 Å². The number of Topliss-reactive ketones (excluding diaryl/α,β-unsaturated/α-hetero) is 1. The van der Waals surface area contributed by atoms with Crippen LogP contribution in [-0.4, -0.2) is 22.8 Å². The van der Waals surface area contributed by atoms with Crippen LogP contribution in [0, 0.1) is 68.5 Å². The Morgan fingerprint density at radius 2 is 1.49 bits per heavy atom. The van der Waals surface area contributed by atoms with Crippen LogP contribution >= 0.6 is 0 Å². The summed E-state index contributed by atoms with van der Waals surface area (Å²) in [6.45, 7) is 9.99. The fourth-order valence-electron chi connectivity index (χ4n) is 15.1. The molecule has 0 spiro atoms. The Morgan fingerprint density at radius 1 is 0.707 bits per heavy atom. The molecular weight excluding hydrogens is 504 g/mol. The first-order valence-electron chi connectivity index (χ1n) is 18.0. The highest BCUT2D eigenvalue weighted by Crippen LogP contribution is 2.76. The van der Waals surface area contributed by atoms with E-state index in [4.69, 9.17) is 0 Å². The minimum Gasteiger partial charge on any atom is -0.393 e. The number of fused-ring (bicyclic) bond motifs is 10. The molecule has 7 saturated carbocycles. The average Bonchev–Trinajstić information content (AvgIpc) is 3.48. The van der Waals surface area contributed by atoms with E-state index in [-0.39, 0.29) is 27.8 Å². The van der Waals surface area contributed by atoms with Gasteiger partial charge in [-0.05, 0) is 154 Å². The van der Waals surface area contributed by atoms with E-state index in [0.29, 0.717) is 58.9 Å². The van der Waals surface area contributed by atoms with E-state index in [9.17, 15) is 14.7 Å². The first-order valence-corrected chi connectivity index (χ1v) is 18.0. The van der Waals surface area contributed by atoms with Crippen molar-refractivity contribution >= 4 is 11.6 Å². The van der Waals surface area contributed by atoms with Gasteiger partial charge in [-0.3, -0.25) is 9.59 Å². The van der Waals surface area contributed by atoms with Gasteiger partial charge in [-0.15, -0.1) is 0 Å². The monoisotopic (exact) mass is 560 g/mol. The number of allylic oxidation sites excluding steroid dienone is 2. The number of rotatable bonds is 1. The normalized spacial score (nSPS) is 57.9. The van der Waals surface area contributed by atoms with Gasteiger partial charge in [0.25, 0.3) is 0 Å². The van der Waals surface area contributed by atoms with Crippen molar-refractivity contribution in [1.82, 2.24) is 0 Å². The summed E-state index contributed by atoms with van der Waals surface area (Å²) in [5.74, 6) is 5.12. The van der Waals surface area contributed by atoms with Crippen LogP contribution in [0.25, 0.3) is 0 Å². The van der Waals surface area contributed by atoms with Crippen molar-refractivity contribution in [3.63, 3.8) is 0 Å². The fraction of sp³-hybridized carbons (Fsp3) is 0.895. The lowest BCUT2D eigenvalue weighted by Gasteiger charge is -2.69.